The Morgan fingerprint density at radius 3 is 2.95 bits per heavy atom. The molecule has 0 saturated heterocycles. The van der Waals surface area contributed by atoms with Crippen molar-refractivity contribution in [3.63, 3.8) is 0 Å². The van der Waals surface area contributed by atoms with Crippen LogP contribution in [0.2, 0.25) is 0 Å². The number of carbonyl (C=O) groups is 2. The molecule has 2 rings (SSSR count). The van der Waals surface area contributed by atoms with Gasteiger partial charge in [-0.1, -0.05) is 0 Å². The number of amides is 2. The molecule has 106 valence electrons. The Hall–Kier alpha value is -2.42. The fourth-order valence-electron chi connectivity index (χ4n) is 1.51. The minimum Gasteiger partial charge on any atom is -0.478 e. The van der Waals surface area contributed by atoms with Crippen molar-refractivity contribution in [3.8, 4) is 0 Å². The molecule has 0 aliphatic rings. The number of carboxylic acid groups (broad SMARTS) is 1. The summed E-state index contributed by atoms with van der Waals surface area (Å²) in [6, 6.07) is 0.992. The zero-order chi connectivity index (χ0) is 14.5. The van der Waals surface area contributed by atoms with Crippen LogP contribution in [-0.4, -0.2) is 38.4 Å². The first-order chi connectivity index (χ1) is 9.56. The average molecular weight is 295 g/mol. The van der Waals surface area contributed by atoms with E-state index in [9.17, 15) is 9.59 Å². The fraction of sp³-hybridized carbons (Fsp3) is 0.273. The van der Waals surface area contributed by atoms with Crippen LogP contribution in [0.4, 0.5) is 9.80 Å². The molecule has 20 heavy (non-hydrogen) atoms. The van der Waals surface area contributed by atoms with E-state index in [-0.39, 0.29) is 5.56 Å². The molecule has 2 amide bonds. The van der Waals surface area contributed by atoms with E-state index in [1.807, 2.05) is 0 Å². The lowest BCUT2D eigenvalue weighted by atomic mass is 10.3. The Kier molecular flexibility index (Phi) is 4.31. The highest BCUT2D eigenvalue weighted by Crippen LogP contribution is 2.22. The molecule has 0 unspecified atom stereocenters. The van der Waals surface area contributed by atoms with Gasteiger partial charge in [0.25, 0.3) is 0 Å². The first kappa shape index (κ1) is 14.0. The molecule has 0 spiro atoms. The van der Waals surface area contributed by atoms with Gasteiger partial charge in [0.2, 0.25) is 0 Å². The number of nitrogens with zero attached hydrogens (tertiary/aromatic N) is 3. The molecule has 0 atom stereocenters. The zero-order valence-electron chi connectivity index (χ0n) is 10.7. The number of carboxylic acids is 1. The quantitative estimate of drug-likeness (QED) is 0.760. The van der Waals surface area contributed by atoms with Crippen LogP contribution >= 0.6 is 11.3 Å². The lowest BCUT2D eigenvalue weighted by molar-refractivity contribution is 0.0698. The second kappa shape index (κ2) is 6.15. The van der Waals surface area contributed by atoms with Crippen LogP contribution < -0.4 is 10.6 Å². The SMILES string of the molecule is Cn1cnc(CCNC(=O)Nc2sccc2C(=O)O)n1. The minimum atomic E-state index is -1.07. The molecule has 0 aliphatic heterocycles. The number of rotatable bonds is 5. The Morgan fingerprint density at radius 1 is 1.50 bits per heavy atom. The van der Waals surface area contributed by atoms with Crippen LogP contribution in [0.25, 0.3) is 0 Å². The molecule has 0 fully saturated rings. The molecular weight excluding hydrogens is 282 g/mol. The maximum absolute atomic E-state index is 11.6. The number of anilines is 1. The lowest BCUT2D eigenvalue weighted by Gasteiger charge is -2.05. The second-order valence-electron chi connectivity index (χ2n) is 3.93. The van der Waals surface area contributed by atoms with Crippen molar-refractivity contribution in [3.05, 3.63) is 29.2 Å². The monoisotopic (exact) mass is 295 g/mol. The average Bonchev–Trinajstić information content (AvgIpc) is 2.98. The van der Waals surface area contributed by atoms with E-state index in [1.54, 1.807) is 23.4 Å². The van der Waals surface area contributed by atoms with Crippen molar-refractivity contribution < 1.29 is 14.7 Å². The normalized spacial score (nSPS) is 10.2. The van der Waals surface area contributed by atoms with Crippen molar-refractivity contribution in [2.75, 3.05) is 11.9 Å². The zero-order valence-corrected chi connectivity index (χ0v) is 11.5. The summed E-state index contributed by atoms with van der Waals surface area (Å²) in [7, 11) is 1.76. The van der Waals surface area contributed by atoms with E-state index in [1.165, 1.54) is 6.07 Å². The highest BCUT2D eigenvalue weighted by atomic mass is 32.1. The fourth-order valence-corrected chi connectivity index (χ4v) is 2.28. The Morgan fingerprint density at radius 2 is 2.30 bits per heavy atom. The summed E-state index contributed by atoms with van der Waals surface area (Å²) in [5, 5.41) is 20.0. The smallest absolute Gasteiger partial charge is 0.338 e. The summed E-state index contributed by atoms with van der Waals surface area (Å²) in [4.78, 5) is 26.5. The summed E-state index contributed by atoms with van der Waals surface area (Å²) in [6.07, 6.45) is 2.09. The number of hydrogen-bond acceptors (Lipinski definition) is 5. The molecule has 2 aromatic heterocycles. The summed E-state index contributed by atoms with van der Waals surface area (Å²) in [5.41, 5.74) is 0.0801. The molecule has 0 saturated carbocycles. The van der Waals surface area contributed by atoms with E-state index in [2.05, 4.69) is 20.7 Å². The number of aryl methyl sites for hydroxylation is 1. The first-order valence-electron chi connectivity index (χ1n) is 5.76. The molecule has 0 bridgehead atoms. The number of aromatic carboxylic acids is 1. The van der Waals surface area contributed by atoms with Crippen molar-refractivity contribution in [2.24, 2.45) is 7.05 Å². The third-order valence-corrected chi connectivity index (χ3v) is 3.23. The molecule has 9 heteroatoms. The van der Waals surface area contributed by atoms with Gasteiger partial charge in [-0.15, -0.1) is 11.3 Å². The van der Waals surface area contributed by atoms with Crippen molar-refractivity contribution >= 4 is 28.3 Å². The summed E-state index contributed by atoms with van der Waals surface area (Å²) < 4.78 is 1.58. The predicted molar refractivity (Wildman–Crippen MR) is 73.0 cm³/mol. The maximum Gasteiger partial charge on any atom is 0.338 e. The van der Waals surface area contributed by atoms with Gasteiger partial charge in [0, 0.05) is 20.0 Å². The first-order valence-corrected chi connectivity index (χ1v) is 6.64. The number of carbonyl (C=O) groups excluding carboxylic acids is 1. The van der Waals surface area contributed by atoms with Crippen molar-refractivity contribution in [1.82, 2.24) is 20.1 Å². The van der Waals surface area contributed by atoms with Gasteiger partial charge in [0.05, 0.1) is 5.56 Å². The Bertz CT molecular complexity index is 621. The van der Waals surface area contributed by atoms with Gasteiger partial charge in [0.15, 0.2) is 5.82 Å². The molecule has 0 aliphatic carbocycles. The molecule has 8 nitrogen and oxygen atoms in total. The van der Waals surface area contributed by atoms with Gasteiger partial charge in [-0.05, 0) is 11.4 Å². The third kappa shape index (κ3) is 3.54. The molecule has 0 radical (unpaired) electrons. The lowest BCUT2D eigenvalue weighted by Crippen LogP contribution is -2.30. The van der Waals surface area contributed by atoms with Gasteiger partial charge in [-0.2, -0.15) is 5.10 Å². The summed E-state index contributed by atoms with van der Waals surface area (Å²) >= 11 is 1.16. The van der Waals surface area contributed by atoms with E-state index in [0.29, 0.717) is 23.8 Å². The highest BCUT2D eigenvalue weighted by Gasteiger charge is 2.13. The van der Waals surface area contributed by atoms with Gasteiger partial charge in [-0.25, -0.2) is 14.6 Å². The Balaban J connectivity index is 1.80. The number of aromatic nitrogens is 3. The van der Waals surface area contributed by atoms with Gasteiger partial charge >= 0.3 is 12.0 Å². The molecule has 0 aromatic carbocycles. The van der Waals surface area contributed by atoms with E-state index in [4.69, 9.17) is 5.11 Å². The van der Waals surface area contributed by atoms with E-state index in [0.717, 1.165) is 11.3 Å². The molecule has 2 aromatic rings. The minimum absolute atomic E-state index is 0.0801. The van der Waals surface area contributed by atoms with Crippen molar-refractivity contribution in [2.45, 2.75) is 6.42 Å². The third-order valence-electron chi connectivity index (χ3n) is 2.40. The number of nitrogens with one attached hydrogen (secondary N) is 2. The summed E-state index contributed by atoms with van der Waals surface area (Å²) in [6.45, 7) is 0.365. The standard InChI is InChI=1S/C11H13N5O3S/c1-16-6-13-8(15-16)2-4-12-11(19)14-9-7(10(17)18)3-5-20-9/h3,5-6H,2,4H2,1H3,(H,17,18)(H2,12,14,19). The topological polar surface area (TPSA) is 109 Å². The van der Waals surface area contributed by atoms with Gasteiger partial charge < -0.3 is 10.4 Å². The summed E-state index contributed by atoms with van der Waals surface area (Å²) in [5.74, 6) is -0.436. The van der Waals surface area contributed by atoms with Crippen LogP contribution in [0.5, 0.6) is 0 Å². The predicted octanol–water partition coefficient (Wildman–Crippen LogP) is 0.939. The van der Waals surface area contributed by atoms with Gasteiger partial charge in [-0.3, -0.25) is 10.00 Å². The van der Waals surface area contributed by atoms with Crippen LogP contribution in [0.15, 0.2) is 17.8 Å². The van der Waals surface area contributed by atoms with E-state index >= 15 is 0 Å². The van der Waals surface area contributed by atoms with Crippen LogP contribution in [-0.2, 0) is 13.5 Å². The molecular formula is C11H13N5O3S. The largest absolute Gasteiger partial charge is 0.478 e. The van der Waals surface area contributed by atoms with Crippen LogP contribution in [0.1, 0.15) is 16.2 Å². The maximum atomic E-state index is 11.6. The van der Waals surface area contributed by atoms with E-state index < -0.39 is 12.0 Å². The molecule has 2 heterocycles. The van der Waals surface area contributed by atoms with Gasteiger partial charge in [0.1, 0.15) is 11.3 Å². The number of thiophene rings is 1. The number of urea groups is 1. The van der Waals surface area contributed by atoms with Crippen LogP contribution in [0, 0.1) is 0 Å². The van der Waals surface area contributed by atoms with Crippen molar-refractivity contribution in [1.29, 1.82) is 0 Å². The number of hydrogen-bond donors (Lipinski definition) is 3. The second-order valence-corrected chi connectivity index (χ2v) is 4.85. The molecule has 3 N–H and O–H groups in total. The Labute approximate surface area is 118 Å². The highest BCUT2D eigenvalue weighted by molar-refractivity contribution is 7.14. The van der Waals surface area contributed by atoms with Crippen LogP contribution in [0.3, 0.4) is 0 Å².